The predicted octanol–water partition coefficient (Wildman–Crippen LogP) is 3.28. The highest BCUT2D eigenvalue weighted by molar-refractivity contribution is 6.30. The summed E-state index contributed by atoms with van der Waals surface area (Å²) in [5.74, 6) is 0. The molecule has 0 aromatic carbocycles. The smallest absolute Gasteiger partial charge is 0.137 e. The van der Waals surface area contributed by atoms with Crippen LogP contribution in [-0.4, -0.2) is 20.9 Å². The molecule has 0 radical (unpaired) electrons. The fourth-order valence-electron chi connectivity index (χ4n) is 2.56. The average molecular weight is 315 g/mol. The number of nitrogens with zero attached hydrogens (tertiary/aromatic N) is 3. The van der Waals surface area contributed by atoms with Gasteiger partial charge in [-0.1, -0.05) is 24.6 Å². The summed E-state index contributed by atoms with van der Waals surface area (Å²) in [6, 6.07) is 9.84. The van der Waals surface area contributed by atoms with E-state index in [4.69, 9.17) is 11.6 Å². The van der Waals surface area contributed by atoms with Gasteiger partial charge in [0.1, 0.15) is 5.65 Å². The molecule has 0 aliphatic rings. The molecule has 0 spiro atoms. The number of rotatable bonds is 6. The van der Waals surface area contributed by atoms with Crippen LogP contribution >= 0.6 is 11.6 Å². The molecule has 22 heavy (non-hydrogen) atoms. The summed E-state index contributed by atoms with van der Waals surface area (Å²) in [5, 5.41) is 4.20. The first-order chi connectivity index (χ1) is 10.8. The third-order valence-corrected chi connectivity index (χ3v) is 3.90. The molecule has 0 aliphatic carbocycles. The molecule has 114 valence electrons. The van der Waals surface area contributed by atoms with E-state index in [-0.39, 0.29) is 0 Å². The van der Waals surface area contributed by atoms with Gasteiger partial charge in [-0.15, -0.1) is 0 Å². The Labute approximate surface area is 135 Å². The minimum Gasteiger partial charge on any atom is -0.311 e. The van der Waals surface area contributed by atoms with Crippen molar-refractivity contribution in [1.82, 2.24) is 19.7 Å². The van der Waals surface area contributed by atoms with Crippen molar-refractivity contribution < 1.29 is 0 Å². The van der Waals surface area contributed by atoms with E-state index in [1.807, 2.05) is 42.7 Å². The number of halogens is 1. The summed E-state index contributed by atoms with van der Waals surface area (Å²) in [4.78, 5) is 8.99. The number of aromatic nitrogens is 3. The molecule has 0 aliphatic heterocycles. The number of aryl methyl sites for hydroxylation is 1. The van der Waals surface area contributed by atoms with Gasteiger partial charge in [0.15, 0.2) is 0 Å². The van der Waals surface area contributed by atoms with Gasteiger partial charge in [0.25, 0.3) is 0 Å². The number of hydrogen-bond acceptors (Lipinski definition) is 3. The van der Waals surface area contributed by atoms with Crippen LogP contribution in [-0.2, 0) is 19.4 Å². The van der Waals surface area contributed by atoms with Crippen LogP contribution in [0.2, 0.25) is 5.02 Å². The zero-order valence-electron chi connectivity index (χ0n) is 12.6. The molecular formula is C17H19ClN4. The number of pyridine rings is 2. The van der Waals surface area contributed by atoms with Crippen LogP contribution in [0.25, 0.3) is 5.65 Å². The maximum atomic E-state index is 6.11. The number of fused-ring (bicyclic) bond motifs is 1. The van der Waals surface area contributed by atoms with Crippen molar-refractivity contribution in [3.63, 3.8) is 0 Å². The van der Waals surface area contributed by atoms with Crippen LogP contribution in [0.3, 0.4) is 0 Å². The normalized spacial score (nSPS) is 11.2. The minimum atomic E-state index is 0.724. The highest BCUT2D eigenvalue weighted by Crippen LogP contribution is 2.17. The molecule has 1 N–H and O–H groups in total. The lowest BCUT2D eigenvalue weighted by molar-refractivity contribution is 0.660. The Bertz CT molecular complexity index is 752. The first-order valence-corrected chi connectivity index (χ1v) is 7.91. The van der Waals surface area contributed by atoms with E-state index < -0.39 is 0 Å². The largest absolute Gasteiger partial charge is 0.311 e. The molecule has 0 saturated carbocycles. The maximum Gasteiger partial charge on any atom is 0.137 e. The molecule has 3 aromatic heterocycles. The third-order valence-electron chi connectivity index (χ3n) is 3.68. The maximum absolute atomic E-state index is 6.11. The standard InChI is InChI=1S/C17H19ClN4/c1-2-15-16(22-12-13(18)6-7-17(22)21-15)11-19-10-8-14-5-3-4-9-20-14/h3-7,9,12,19H,2,8,10-11H2,1H3. The Morgan fingerprint density at radius 1 is 1.23 bits per heavy atom. The Morgan fingerprint density at radius 2 is 2.14 bits per heavy atom. The molecular weight excluding hydrogens is 296 g/mol. The van der Waals surface area contributed by atoms with E-state index in [1.165, 1.54) is 5.69 Å². The second-order valence-electron chi connectivity index (χ2n) is 5.18. The van der Waals surface area contributed by atoms with Crippen molar-refractivity contribution >= 4 is 17.2 Å². The number of imidazole rings is 1. The summed E-state index contributed by atoms with van der Waals surface area (Å²) in [6.45, 7) is 3.78. The molecule has 0 bridgehead atoms. The van der Waals surface area contributed by atoms with Crippen LogP contribution in [0.1, 0.15) is 24.0 Å². The molecule has 5 heteroatoms. The van der Waals surface area contributed by atoms with Crippen LogP contribution in [0.15, 0.2) is 42.7 Å². The highest BCUT2D eigenvalue weighted by Gasteiger charge is 2.10. The van der Waals surface area contributed by atoms with Crippen LogP contribution in [0.5, 0.6) is 0 Å². The summed E-state index contributed by atoms with van der Waals surface area (Å²) in [6.07, 6.45) is 5.59. The van der Waals surface area contributed by atoms with Gasteiger partial charge in [-0.25, -0.2) is 4.98 Å². The van der Waals surface area contributed by atoms with Gasteiger partial charge in [-0.05, 0) is 30.7 Å². The average Bonchev–Trinajstić information content (AvgIpc) is 2.89. The molecule has 3 rings (SSSR count). The molecule has 0 fully saturated rings. The quantitative estimate of drug-likeness (QED) is 0.710. The van der Waals surface area contributed by atoms with E-state index in [0.717, 1.165) is 48.0 Å². The Kier molecular flexibility index (Phi) is 4.71. The SMILES string of the molecule is CCc1nc2ccc(Cl)cn2c1CNCCc1ccccn1. The highest BCUT2D eigenvalue weighted by atomic mass is 35.5. The molecule has 0 saturated heterocycles. The summed E-state index contributed by atoms with van der Waals surface area (Å²) < 4.78 is 2.08. The zero-order valence-corrected chi connectivity index (χ0v) is 13.3. The molecule has 4 nitrogen and oxygen atoms in total. The van der Waals surface area contributed by atoms with Crippen molar-refractivity contribution in [3.8, 4) is 0 Å². The predicted molar refractivity (Wildman–Crippen MR) is 89.2 cm³/mol. The fraction of sp³-hybridized carbons (Fsp3) is 0.294. The topological polar surface area (TPSA) is 42.2 Å². The lowest BCUT2D eigenvalue weighted by atomic mass is 10.2. The van der Waals surface area contributed by atoms with Gasteiger partial charge in [0.2, 0.25) is 0 Å². The van der Waals surface area contributed by atoms with Gasteiger partial charge in [0.05, 0.1) is 16.4 Å². The van der Waals surface area contributed by atoms with E-state index in [9.17, 15) is 0 Å². The van der Waals surface area contributed by atoms with Gasteiger partial charge in [-0.3, -0.25) is 4.98 Å². The Hall–Kier alpha value is -1.91. The van der Waals surface area contributed by atoms with Gasteiger partial charge < -0.3 is 9.72 Å². The van der Waals surface area contributed by atoms with Gasteiger partial charge >= 0.3 is 0 Å². The Morgan fingerprint density at radius 3 is 2.91 bits per heavy atom. The summed E-state index contributed by atoms with van der Waals surface area (Å²) >= 11 is 6.11. The summed E-state index contributed by atoms with van der Waals surface area (Å²) in [7, 11) is 0. The van der Waals surface area contributed by atoms with Crippen molar-refractivity contribution in [2.45, 2.75) is 26.3 Å². The van der Waals surface area contributed by atoms with Crippen molar-refractivity contribution in [3.05, 3.63) is 64.8 Å². The molecule has 0 amide bonds. The number of nitrogens with one attached hydrogen (secondary N) is 1. The summed E-state index contributed by atoms with van der Waals surface area (Å²) in [5.41, 5.74) is 4.35. The zero-order chi connectivity index (χ0) is 15.4. The molecule has 0 unspecified atom stereocenters. The van der Waals surface area contributed by atoms with Gasteiger partial charge in [-0.2, -0.15) is 0 Å². The van der Waals surface area contributed by atoms with E-state index >= 15 is 0 Å². The van der Waals surface area contributed by atoms with Crippen molar-refractivity contribution in [1.29, 1.82) is 0 Å². The number of hydrogen-bond donors (Lipinski definition) is 1. The lowest BCUT2D eigenvalue weighted by Crippen LogP contribution is -2.19. The first-order valence-electron chi connectivity index (χ1n) is 7.54. The minimum absolute atomic E-state index is 0.724. The van der Waals surface area contributed by atoms with Crippen LogP contribution in [0, 0.1) is 0 Å². The van der Waals surface area contributed by atoms with E-state index in [0.29, 0.717) is 0 Å². The second kappa shape index (κ2) is 6.90. The Balaban J connectivity index is 1.69. The van der Waals surface area contributed by atoms with Crippen molar-refractivity contribution in [2.75, 3.05) is 6.54 Å². The fourth-order valence-corrected chi connectivity index (χ4v) is 2.72. The third kappa shape index (κ3) is 3.29. The van der Waals surface area contributed by atoms with Gasteiger partial charge in [0, 0.05) is 37.6 Å². The van der Waals surface area contributed by atoms with E-state index in [2.05, 4.69) is 26.6 Å². The van der Waals surface area contributed by atoms with E-state index in [1.54, 1.807) is 0 Å². The monoisotopic (exact) mass is 314 g/mol. The second-order valence-corrected chi connectivity index (χ2v) is 5.62. The van der Waals surface area contributed by atoms with Crippen molar-refractivity contribution in [2.24, 2.45) is 0 Å². The molecule has 3 heterocycles. The van der Waals surface area contributed by atoms with Crippen LogP contribution in [0.4, 0.5) is 0 Å². The molecule has 0 atom stereocenters. The lowest BCUT2D eigenvalue weighted by Gasteiger charge is -2.07. The molecule has 3 aromatic rings. The van der Waals surface area contributed by atoms with Crippen LogP contribution < -0.4 is 5.32 Å². The first kappa shape index (κ1) is 15.0.